The highest BCUT2D eigenvalue weighted by atomic mass is 16.7. The summed E-state index contributed by atoms with van der Waals surface area (Å²) in [5.41, 5.74) is 1.21. The van der Waals surface area contributed by atoms with Crippen molar-refractivity contribution in [2.24, 2.45) is 5.41 Å². The van der Waals surface area contributed by atoms with Crippen molar-refractivity contribution in [2.45, 2.75) is 65.1 Å². The minimum atomic E-state index is -0.344. The van der Waals surface area contributed by atoms with E-state index in [1.165, 1.54) is 0 Å². The summed E-state index contributed by atoms with van der Waals surface area (Å²) in [4.78, 5) is 12.1. The van der Waals surface area contributed by atoms with Crippen LogP contribution in [-0.4, -0.2) is 30.9 Å². The second-order valence-corrected chi connectivity index (χ2v) is 8.01. The third-order valence-electron chi connectivity index (χ3n) is 5.61. The van der Waals surface area contributed by atoms with Gasteiger partial charge in [0.25, 0.3) is 0 Å². The van der Waals surface area contributed by atoms with Gasteiger partial charge in [0, 0.05) is 0 Å². The van der Waals surface area contributed by atoms with E-state index in [-0.39, 0.29) is 29.7 Å². The van der Waals surface area contributed by atoms with Crippen molar-refractivity contribution in [1.29, 1.82) is 0 Å². The van der Waals surface area contributed by atoms with Gasteiger partial charge in [0.05, 0.1) is 23.2 Å². The molecule has 1 aliphatic heterocycles. The number of esters is 1. The SMILES string of the molecule is CCOC(=O)C1(Cc2ccc(B3OC(C)(C)C(C)(C)O3)cc2)CC1. The molecule has 5 heteroatoms. The van der Waals surface area contributed by atoms with Gasteiger partial charge in [0.15, 0.2) is 0 Å². The summed E-state index contributed by atoms with van der Waals surface area (Å²) in [6, 6.07) is 8.22. The summed E-state index contributed by atoms with van der Waals surface area (Å²) < 4.78 is 17.4. The Balaban J connectivity index is 1.68. The van der Waals surface area contributed by atoms with Crippen LogP contribution in [0.1, 0.15) is 53.0 Å². The molecule has 4 nitrogen and oxygen atoms in total. The molecule has 0 atom stereocenters. The molecule has 0 spiro atoms. The monoisotopic (exact) mass is 330 g/mol. The van der Waals surface area contributed by atoms with Gasteiger partial charge in [-0.2, -0.15) is 0 Å². The summed E-state index contributed by atoms with van der Waals surface area (Å²) in [6.07, 6.45) is 2.59. The van der Waals surface area contributed by atoms with Crippen LogP contribution in [0, 0.1) is 5.41 Å². The van der Waals surface area contributed by atoms with Crippen molar-refractivity contribution >= 4 is 18.6 Å². The molecule has 3 rings (SSSR count). The Morgan fingerprint density at radius 2 is 1.62 bits per heavy atom. The smallest absolute Gasteiger partial charge is 0.466 e. The summed E-state index contributed by atoms with van der Waals surface area (Å²) in [7, 11) is -0.344. The van der Waals surface area contributed by atoms with Gasteiger partial charge < -0.3 is 14.0 Å². The Kier molecular flexibility index (Phi) is 4.29. The molecule has 2 aliphatic rings. The van der Waals surface area contributed by atoms with Crippen LogP contribution in [0.2, 0.25) is 0 Å². The maximum absolute atomic E-state index is 12.1. The molecule has 0 aromatic heterocycles. The number of ether oxygens (including phenoxy) is 1. The topological polar surface area (TPSA) is 44.8 Å². The zero-order chi connectivity index (χ0) is 17.6. The lowest BCUT2D eigenvalue weighted by atomic mass is 9.78. The second-order valence-electron chi connectivity index (χ2n) is 8.01. The molecule has 0 N–H and O–H groups in total. The molecule has 0 bridgehead atoms. The van der Waals surface area contributed by atoms with E-state index in [1.54, 1.807) is 0 Å². The lowest BCUT2D eigenvalue weighted by molar-refractivity contribution is -0.149. The molecular weight excluding hydrogens is 303 g/mol. The number of hydrogen-bond donors (Lipinski definition) is 0. The minimum Gasteiger partial charge on any atom is -0.466 e. The minimum absolute atomic E-state index is 0.0555. The van der Waals surface area contributed by atoms with Crippen LogP contribution >= 0.6 is 0 Å². The Hall–Kier alpha value is -1.33. The zero-order valence-corrected chi connectivity index (χ0v) is 15.3. The van der Waals surface area contributed by atoms with Crippen LogP contribution in [-0.2, 0) is 25.3 Å². The van der Waals surface area contributed by atoms with Crippen LogP contribution in [0.25, 0.3) is 0 Å². The van der Waals surface area contributed by atoms with E-state index in [9.17, 15) is 4.79 Å². The van der Waals surface area contributed by atoms with Gasteiger partial charge in [0.1, 0.15) is 0 Å². The molecule has 0 amide bonds. The summed E-state index contributed by atoms with van der Waals surface area (Å²) >= 11 is 0. The van der Waals surface area contributed by atoms with Gasteiger partial charge in [-0.1, -0.05) is 24.3 Å². The maximum atomic E-state index is 12.1. The quantitative estimate of drug-likeness (QED) is 0.615. The molecule has 1 saturated heterocycles. The van der Waals surface area contributed by atoms with Crippen molar-refractivity contribution in [3.05, 3.63) is 29.8 Å². The molecule has 1 aromatic rings. The van der Waals surface area contributed by atoms with Crippen molar-refractivity contribution in [3.8, 4) is 0 Å². The van der Waals surface area contributed by atoms with E-state index in [2.05, 4.69) is 39.8 Å². The summed E-state index contributed by atoms with van der Waals surface area (Å²) in [6.45, 7) is 10.5. The molecule has 0 unspecified atom stereocenters. The Labute approximate surface area is 145 Å². The van der Waals surface area contributed by atoms with E-state index in [0.29, 0.717) is 6.61 Å². The first-order valence-corrected chi connectivity index (χ1v) is 8.81. The fraction of sp³-hybridized carbons (Fsp3) is 0.632. The number of rotatable bonds is 5. The van der Waals surface area contributed by atoms with E-state index in [1.807, 2.05) is 19.1 Å². The van der Waals surface area contributed by atoms with Gasteiger partial charge in [-0.3, -0.25) is 4.79 Å². The zero-order valence-electron chi connectivity index (χ0n) is 15.3. The standard InChI is InChI=1S/C19H27BO4/c1-6-22-16(21)19(11-12-19)13-14-7-9-15(10-8-14)20-23-17(2,3)18(4,5)24-20/h7-10H,6,11-13H2,1-5H3. The Bertz CT molecular complexity index is 601. The fourth-order valence-corrected chi connectivity index (χ4v) is 3.05. The number of carbonyl (C=O) groups is 1. The van der Waals surface area contributed by atoms with Gasteiger partial charge >= 0.3 is 13.1 Å². The summed E-state index contributed by atoms with van der Waals surface area (Å²) in [5, 5.41) is 0. The van der Waals surface area contributed by atoms with Gasteiger partial charge in [0.2, 0.25) is 0 Å². The molecule has 1 aromatic carbocycles. The lowest BCUT2D eigenvalue weighted by Crippen LogP contribution is -2.41. The number of benzene rings is 1. The Morgan fingerprint density at radius 1 is 1.08 bits per heavy atom. The molecule has 1 heterocycles. The van der Waals surface area contributed by atoms with Gasteiger partial charge in [-0.25, -0.2) is 0 Å². The molecule has 1 aliphatic carbocycles. The van der Waals surface area contributed by atoms with Crippen molar-refractivity contribution < 1.29 is 18.8 Å². The van der Waals surface area contributed by atoms with Gasteiger partial charge in [-0.05, 0) is 64.9 Å². The molecule has 24 heavy (non-hydrogen) atoms. The van der Waals surface area contributed by atoms with Crippen LogP contribution in [0.3, 0.4) is 0 Å². The average molecular weight is 330 g/mol. The highest BCUT2D eigenvalue weighted by Gasteiger charge is 2.52. The molecule has 0 radical (unpaired) electrons. The van der Waals surface area contributed by atoms with Crippen LogP contribution in [0.5, 0.6) is 0 Å². The van der Waals surface area contributed by atoms with Crippen molar-refractivity contribution in [3.63, 3.8) is 0 Å². The predicted octanol–water partition coefficient (Wildman–Crippen LogP) is 2.87. The average Bonchev–Trinajstić information content (AvgIpc) is 3.23. The highest BCUT2D eigenvalue weighted by molar-refractivity contribution is 6.62. The second kappa shape index (κ2) is 5.89. The first kappa shape index (κ1) is 17.5. The highest BCUT2D eigenvalue weighted by Crippen LogP contribution is 2.49. The van der Waals surface area contributed by atoms with E-state index in [0.717, 1.165) is 30.3 Å². The predicted molar refractivity (Wildman–Crippen MR) is 94.2 cm³/mol. The van der Waals surface area contributed by atoms with E-state index in [4.69, 9.17) is 14.0 Å². The molecule has 1 saturated carbocycles. The van der Waals surface area contributed by atoms with E-state index < -0.39 is 0 Å². The number of carbonyl (C=O) groups excluding carboxylic acids is 1. The first-order valence-electron chi connectivity index (χ1n) is 8.81. The fourth-order valence-electron chi connectivity index (χ4n) is 3.05. The van der Waals surface area contributed by atoms with Crippen molar-refractivity contribution in [1.82, 2.24) is 0 Å². The lowest BCUT2D eigenvalue weighted by Gasteiger charge is -2.32. The third kappa shape index (κ3) is 3.12. The number of hydrogen-bond acceptors (Lipinski definition) is 4. The van der Waals surface area contributed by atoms with Crippen molar-refractivity contribution in [2.75, 3.05) is 6.61 Å². The van der Waals surface area contributed by atoms with Crippen LogP contribution < -0.4 is 5.46 Å². The van der Waals surface area contributed by atoms with Crippen LogP contribution in [0.4, 0.5) is 0 Å². The normalized spacial score (nSPS) is 23.1. The molecule has 130 valence electrons. The maximum Gasteiger partial charge on any atom is 0.494 e. The molecule has 2 fully saturated rings. The Morgan fingerprint density at radius 3 is 2.08 bits per heavy atom. The summed E-state index contributed by atoms with van der Waals surface area (Å²) in [5.74, 6) is -0.0555. The molecular formula is C19H27BO4. The van der Waals surface area contributed by atoms with Crippen LogP contribution in [0.15, 0.2) is 24.3 Å². The van der Waals surface area contributed by atoms with Gasteiger partial charge in [-0.15, -0.1) is 0 Å². The third-order valence-corrected chi connectivity index (χ3v) is 5.61. The first-order chi connectivity index (χ1) is 11.2. The largest absolute Gasteiger partial charge is 0.494 e. The van der Waals surface area contributed by atoms with E-state index >= 15 is 0 Å².